The van der Waals surface area contributed by atoms with E-state index in [1.54, 1.807) is 44.3 Å². The molecule has 1 N–H and O–H groups in total. The predicted molar refractivity (Wildman–Crippen MR) is 121 cm³/mol. The summed E-state index contributed by atoms with van der Waals surface area (Å²) in [5.74, 6) is 1.62. The first-order valence-corrected chi connectivity index (χ1v) is 9.90. The minimum absolute atomic E-state index is 0.155. The highest BCUT2D eigenvalue weighted by Gasteiger charge is 2.12. The van der Waals surface area contributed by atoms with Crippen molar-refractivity contribution in [1.82, 2.24) is 9.78 Å². The average molecular weight is 421 g/mol. The van der Waals surface area contributed by atoms with Crippen molar-refractivity contribution in [2.75, 3.05) is 26.1 Å². The number of hydrogen-bond donors (Lipinski definition) is 1. The van der Waals surface area contributed by atoms with Crippen molar-refractivity contribution in [2.45, 2.75) is 13.0 Å². The van der Waals surface area contributed by atoms with Crippen molar-refractivity contribution >= 4 is 23.9 Å². The van der Waals surface area contributed by atoms with E-state index in [1.807, 2.05) is 55.5 Å². The van der Waals surface area contributed by atoms with Gasteiger partial charge in [-0.15, -0.1) is 0 Å². The number of amides is 1. The van der Waals surface area contributed by atoms with E-state index in [0.29, 0.717) is 23.7 Å². The Bertz CT molecular complexity index is 1040. The maximum Gasteiger partial charge on any atom is 0.257 e. The Balaban J connectivity index is 1.86. The van der Waals surface area contributed by atoms with Crippen molar-refractivity contribution in [3.05, 3.63) is 71.4 Å². The van der Waals surface area contributed by atoms with Crippen LogP contribution in [0.25, 0.3) is 12.2 Å². The number of methoxy groups -OCH3 is 2. The number of carbonyl (C=O) groups excluding carboxylic acids is 1. The standard InChI is InChI=1S/C24H27N3O4/c1-17(16-29-3)31-22-14-19(6-5-18-7-9-21(30-4)10-8-18)13-20(15-22)24(28)25-23-11-12-27(2)26-23/h5-15,17H,16H2,1-4H3,(H,25,26,28)/b6-5+/t17-/m0/s1. The number of aromatic nitrogens is 2. The van der Waals surface area contributed by atoms with E-state index >= 15 is 0 Å². The molecule has 1 heterocycles. The Kier molecular flexibility index (Phi) is 7.45. The molecule has 162 valence electrons. The normalized spacial score (nSPS) is 12.0. The van der Waals surface area contributed by atoms with E-state index in [-0.39, 0.29) is 12.0 Å². The van der Waals surface area contributed by atoms with Gasteiger partial charge >= 0.3 is 0 Å². The zero-order valence-electron chi connectivity index (χ0n) is 18.2. The summed E-state index contributed by atoms with van der Waals surface area (Å²) in [6, 6.07) is 14.9. The number of benzene rings is 2. The summed E-state index contributed by atoms with van der Waals surface area (Å²) >= 11 is 0. The van der Waals surface area contributed by atoms with Crippen molar-refractivity contribution in [2.24, 2.45) is 7.05 Å². The summed E-state index contributed by atoms with van der Waals surface area (Å²) in [6.45, 7) is 2.36. The third-order valence-corrected chi connectivity index (χ3v) is 4.47. The first-order chi connectivity index (χ1) is 15.0. The molecule has 7 nitrogen and oxygen atoms in total. The molecule has 0 unspecified atom stereocenters. The van der Waals surface area contributed by atoms with Crippen LogP contribution in [0.2, 0.25) is 0 Å². The third kappa shape index (κ3) is 6.45. The number of hydrogen-bond acceptors (Lipinski definition) is 5. The third-order valence-electron chi connectivity index (χ3n) is 4.47. The number of carbonyl (C=O) groups is 1. The molecule has 3 aromatic rings. The molecule has 1 aromatic heterocycles. The van der Waals surface area contributed by atoms with Crippen LogP contribution < -0.4 is 14.8 Å². The lowest BCUT2D eigenvalue weighted by Gasteiger charge is -2.15. The summed E-state index contributed by atoms with van der Waals surface area (Å²) < 4.78 is 17.9. The number of rotatable bonds is 9. The minimum Gasteiger partial charge on any atom is -0.497 e. The Hall–Kier alpha value is -3.58. The molecular weight excluding hydrogens is 394 g/mol. The zero-order valence-corrected chi connectivity index (χ0v) is 18.2. The quantitative estimate of drug-likeness (QED) is 0.523. The Morgan fingerprint density at radius 2 is 1.81 bits per heavy atom. The zero-order chi connectivity index (χ0) is 22.2. The molecule has 0 saturated heterocycles. The summed E-state index contributed by atoms with van der Waals surface area (Å²) in [6.07, 6.45) is 5.52. The van der Waals surface area contributed by atoms with Gasteiger partial charge in [-0.2, -0.15) is 5.10 Å². The molecule has 0 spiro atoms. The Morgan fingerprint density at radius 1 is 1.06 bits per heavy atom. The van der Waals surface area contributed by atoms with Crippen molar-refractivity contribution < 1.29 is 19.0 Å². The van der Waals surface area contributed by atoms with Gasteiger partial charge in [0.15, 0.2) is 5.82 Å². The van der Waals surface area contributed by atoms with Crippen LogP contribution in [-0.2, 0) is 11.8 Å². The lowest BCUT2D eigenvalue weighted by molar-refractivity contribution is 0.0917. The summed E-state index contributed by atoms with van der Waals surface area (Å²) in [5, 5.41) is 7.01. The van der Waals surface area contributed by atoms with Crippen LogP contribution >= 0.6 is 0 Å². The fraction of sp³-hybridized carbons (Fsp3) is 0.250. The van der Waals surface area contributed by atoms with Gasteiger partial charge in [-0.25, -0.2) is 0 Å². The minimum atomic E-state index is -0.261. The molecule has 1 atom stereocenters. The van der Waals surface area contributed by atoms with Gasteiger partial charge in [-0.1, -0.05) is 24.3 Å². The van der Waals surface area contributed by atoms with Gasteiger partial charge in [0.2, 0.25) is 0 Å². The lowest BCUT2D eigenvalue weighted by atomic mass is 10.1. The molecule has 0 radical (unpaired) electrons. The van der Waals surface area contributed by atoms with Gasteiger partial charge in [0.25, 0.3) is 5.91 Å². The van der Waals surface area contributed by atoms with E-state index in [1.165, 1.54) is 0 Å². The molecule has 3 rings (SSSR count). The van der Waals surface area contributed by atoms with Crippen LogP contribution in [0, 0.1) is 0 Å². The van der Waals surface area contributed by atoms with Gasteiger partial charge < -0.3 is 19.5 Å². The SMILES string of the molecule is COC[C@H](C)Oc1cc(/C=C/c2ccc(OC)cc2)cc(C(=O)Nc2ccn(C)n2)c1. The predicted octanol–water partition coefficient (Wildman–Crippen LogP) is 4.27. The highest BCUT2D eigenvalue weighted by molar-refractivity contribution is 6.04. The smallest absolute Gasteiger partial charge is 0.257 e. The molecule has 31 heavy (non-hydrogen) atoms. The number of nitrogens with zero attached hydrogens (tertiary/aromatic N) is 2. The first kappa shape index (κ1) is 22.1. The van der Waals surface area contributed by atoms with E-state index in [9.17, 15) is 4.79 Å². The molecule has 0 aliphatic heterocycles. The average Bonchev–Trinajstić information content (AvgIpc) is 3.17. The summed E-state index contributed by atoms with van der Waals surface area (Å²) in [7, 11) is 5.06. The van der Waals surface area contributed by atoms with E-state index in [4.69, 9.17) is 14.2 Å². The second kappa shape index (κ2) is 10.4. The molecule has 0 fully saturated rings. The Morgan fingerprint density at radius 3 is 2.45 bits per heavy atom. The Labute approximate surface area is 182 Å². The second-order valence-corrected chi connectivity index (χ2v) is 7.11. The van der Waals surface area contributed by atoms with Crippen LogP contribution in [0.3, 0.4) is 0 Å². The topological polar surface area (TPSA) is 74.6 Å². The fourth-order valence-electron chi connectivity index (χ4n) is 3.00. The van der Waals surface area contributed by atoms with Crippen LogP contribution in [-0.4, -0.2) is 42.6 Å². The number of anilines is 1. The van der Waals surface area contributed by atoms with E-state index in [2.05, 4.69) is 10.4 Å². The second-order valence-electron chi connectivity index (χ2n) is 7.11. The van der Waals surface area contributed by atoms with Gasteiger partial charge in [0.05, 0.1) is 13.7 Å². The fourth-order valence-corrected chi connectivity index (χ4v) is 3.00. The lowest BCUT2D eigenvalue weighted by Crippen LogP contribution is -2.19. The van der Waals surface area contributed by atoms with Crippen molar-refractivity contribution in [1.29, 1.82) is 0 Å². The van der Waals surface area contributed by atoms with E-state index < -0.39 is 0 Å². The molecular formula is C24H27N3O4. The van der Waals surface area contributed by atoms with Crippen LogP contribution in [0.15, 0.2) is 54.7 Å². The van der Waals surface area contributed by atoms with Crippen LogP contribution in [0.5, 0.6) is 11.5 Å². The molecule has 0 bridgehead atoms. The molecule has 1 amide bonds. The number of nitrogens with one attached hydrogen (secondary N) is 1. The van der Waals surface area contributed by atoms with E-state index in [0.717, 1.165) is 16.9 Å². The molecule has 0 saturated carbocycles. The highest BCUT2D eigenvalue weighted by atomic mass is 16.5. The monoisotopic (exact) mass is 421 g/mol. The maximum absolute atomic E-state index is 12.8. The van der Waals surface area contributed by atoms with Gasteiger partial charge in [0, 0.05) is 32.0 Å². The largest absolute Gasteiger partial charge is 0.497 e. The van der Waals surface area contributed by atoms with Crippen LogP contribution in [0.4, 0.5) is 5.82 Å². The van der Waals surface area contributed by atoms with Gasteiger partial charge in [-0.3, -0.25) is 9.48 Å². The maximum atomic E-state index is 12.8. The summed E-state index contributed by atoms with van der Waals surface area (Å²) in [4.78, 5) is 12.8. The van der Waals surface area contributed by atoms with Gasteiger partial charge in [0.1, 0.15) is 17.6 Å². The van der Waals surface area contributed by atoms with Crippen LogP contribution in [0.1, 0.15) is 28.4 Å². The molecule has 7 heteroatoms. The number of ether oxygens (including phenoxy) is 3. The molecule has 2 aromatic carbocycles. The molecule has 0 aliphatic carbocycles. The van der Waals surface area contributed by atoms with Crippen molar-refractivity contribution in [3.8, 4) is 11.5 Å². The van der Waals surface area contributed by atoms with Gasteiger partial charge in [-0.05, 0) is 48.4 Å². The molecule has 0 aliphatic rings. The summed E-state index contributed by atoms with van der Waals surface area (Å²) in [5.41, 5.74) is 2.32. The van der Waals surface area contributed by atoms with Crippen molar-refractivity contribution in [3.63, 3.8) is 0 Å². The first-order valence-electron chi connectivity index (χ1n) is 9.90. The number of aryl methyl sites for hydroxylation is 1. The highest BCUT2D eigenvalue weighted by Crippen LogP contribution is 2.22.